The van der Waals surface area contributed by atoms with Crippen LogP contribution in [0.3, 0.4) is 0 Å². The number of anilines is 2. The maximum atomic E-state index is 10.9. The lowest BCUT2D eigenvalue weighted by molar-refractivity contribution is 0.0698. The Morgan fingerprint density at radius 2 is 2.26 bits per heavy atom. The van der Waals surface area contributed by atoms with E-state index in [0.29, 0.717) is 0 Å². The molecule has 5 heteroatoms. The molecular weight excluding hydrogens is 244 g/mol. The van der Waals surface area contributed by atoms with Gasteiger partial charge in [0, 0.05) is 31.1 Å². The van der Waals surface area contributed by atoms with Gasteiger partial charge in [-0.3, -0.25) is 0 Å². The van der Waals surface area contributed by atoms with Gasteiger partial charge in [0.2, 0.25) is 0 Å². The van der Waals surface area contributed by atoms with Gasteiger partial charge >= 0.3 is 5.97 Å². The molecule has 1 aromatic rings. The molecular formula is C14H20N2O3. The van der Waals surface area contributed by atoms with Gasteiger partial charge in [-0.15, -0.1) is 0 Å². The van der Waals surface area contributed by atoms with E-state index in [1.54, 1.807) is 18.2 Å². The molecule has 0 aliphatic heterocycles. The van der Waals surface area contributed by atoms with Crippen molar-refractivity contribution in [3.05, 3.63) is 23.8 Å². The quantitative estimate of drug-likeness (QED) is 0.495. The van der Waals surface area contributed by atoms with E-state index in [9.17, 15) is 4.79 Å². The van der Waals surface area contributed by atoms with Crippen LogP contribution in [-0.2, 0) is 4.74 Å². The van der Waals surface area contributed by atoms with Crippen LogP contribution in [0.1, 0.15) is 29.6 Å². The van der Waals surface area contributed by atoms with Crippen LogP contribution in [0.25, 0.3) is 0 Å². The van der Waals surface area contributed by atoms with Crippen molar-refractivity contribution < 1.29 is 14.6 Å². The molecule has 0 atom stereocenters. The second-order valence-electron chi connectivity index (χ2n) is 4.91. The van der Waals surface area contributed by atoms with E-state index in [1.165, 1.54) is 12.8 Å². The average molecular weight is 264 g/mol. The van der Waals surface area contributed by atoms with Crippen LogP contribution in [0.5, 0.6) is 0 Å². The molecule has 0 unspecified atom stereocenters. The summed E-state index contributed by atoms with van der Waals surface area (Å²) in [5.41, 5.74) is 6.78. The number of nitrogens with one attached hydrogen (secondary N) is 1. The number of carboxylic acids is 1. The molecule has 0 spiro atoms. The molecule has 1 fully saturated rings. The van der Waals surface area contributed by atoms with Gasteiger partial charge in [0.1, 0.15) is 0 Å². The van der Waals surface area contributed by atoms with Gasteiger partial charge in [0.25, 0.3) is 0 Å². The van der Waals surface area contributed by atoms with Gasteiger partial charge in [-0.2, -0.15) is 0 Å². The Morgan fingerprint density at radius 1 is 1.47 bits per heavy atom. The molecule has 1 aliphatic rings. The number of hydrogen-bond acceptors (Lipinski definition) is 4. The number of rotatable bonds is 8. The molecule has 5 nitrogen and oxygen atoms in total. The van der Waals surface area contributed by atoms with E-state index in [0.717, 1.165) is 37.8 Å². The van der Waals surface area contributed by atoms with Gasteiger partial charge in [0.05, 0.1) is 5.56 Å². The van der Waals surface area contributed by atoms with Gasteiger partial charge < -0.3 is 20.9 Å². The van der Waals surface area contributed by atoms with E-state index < -0.39 is 5.97 Å². The molecule has 1 saturated carbocycles. The molecule has 2 rings (SSSR count). The maximum absolute atomic E-state index is 10.9. The molecule has 1 aromatic carbocycles. The van der Waals surface area contributed by atoms with Crippen LogP contribution in [0.15, 0.2) is 18.2 Å². The highest BCUT2D eigenvalue weighted by molar-refractivity contribution is 5.94. The van der Waals surface area contributed by atoms with Crippen LogP contribution < -0.4 is 11.1 Å². The Morgan fingerprint density at radius 3 is 2.95 bits per heavy atom. The predicted molar refractivity (Wildman–Crippen MR) is 74.5 cm³/mol. The van der Waals surface area contributed by atoms with Crippen molar-refractivity contribution in [3.63, 3.8) is 0 Å². The summed E-state index contributed by atoms with van der Waals surface area (Å²) < 4.78 is 5.52. The third-order valence-corrected chi connectivity index (χ3v) is 3.13. The molecule has 0 saturated heterocycles. The fraction of sp³-hybridized carbons (Fsp3) is 0.500. The predicted octanol–water partition coefficient (Wildman–Crippen LogP) is 2.20. The fourth-order valence-corrected chi connectivity index (χ4v) is 1.79. The van der Waals surface area contributed by atoms with Crippen LogP contribution in [0.4, 0.5) is 11.4 Å². The van der Waals surface area contributed by atoms with E-state index in [4.69, 9.17) is 15.6 Å². The van der Waals surface area contributed by atoms with Crippen LogP contribution in [0, 0.1) is 5.92 Å². The van der Waals surface area contributed by atoms with Gasteiger partial charge in [-0.25, -0.2) is 4.79 Å². The maximum Gasteiger partial charge on any atom is 0.337 e. The monoisotopic (exact) mass is 264 g/mol. The minimum absolute atomic E-state index is 0.134. The lowest BCUT2D eigenvalue weighted by atomic mass is 10.1. The van der Waals surface area contributed by atoms with Gasteiger partial charge in [0.15, 0.2) is 0 Å². The zero-order valence-corrected chi connectivity index (χ0v) is 10.9. The summed E-state index contributed by atoms with van der Waals surface area (Å²) >= 11 is 0. The van der Waals surface area contributed by atoms with Crippen LogP contribution in [-0.4, -0.2) is 30.8 Å². The molecule has 0 bridgehead atoms. The lowest BCUT2D eigenvalue weighted by Gasteiger charge is -2.09. The lowest BCUT2D eigenvalue weighted by Crippen LogP contribution is -2.08. The number of benzene rings is 1. The average Bonchev–Trinajstić information content (AvgIpc) is 3.19. The second kappa shape index (κ2) is 6.43. The Kier molecular flexibility index (Phi) is 4.63. The third-order valence-electron chi connectivity index (χ3n) is 3.13. The first-order valence-electron chi connectivity index (χ1n) is 6.61. The highest BCUT2D eigenvalue weighted by atomic mass is 16.5. The van der Waals surface area contributed by atoms with Crippen molar-refractivity contribution in [2.45, 2.75) is 19.3 Å². The molecule has 0 amide bonds. The SMILES string of the molecule is Nc1ccc(NCCCOCC2CC2)cc1C(=O)O. The van der Waals surface area contributed by atoms with Gasteiger partial charge in [-0.1, -0.05) is 0 Å². The molecule has 0 radical (unpaired) electrons. The minimum Gasteiger partial charge on any atom is -0.478 e. The van der Waals surface area contributed by atoms with Crippen molar-refractivity contribution >= 4 is 17.3 Å². The third kappa shape index (κ3) is 4.44. The summed E-state index contributed by atoms with van der Waals surface area (Å²) in [6, 6.07) is 4.95. The van der Waals surface area contributed by atoms with E-state index >= 15 is 0 Å². The first-order valence-corrected chi connectivity index (χ1v) is 6.61. The Labute approximate surface area is 112 Å². The first-order chi connectivity index (χ1) is 9.16. The number of hydrogen-bond donors (Lipinski definition) is 3. The Bertz CT molecular complexity index is 444. The summed E-state index contributed by atoms with van der Waals surface area (Å²) in [6.07, 6.45) is 3.52. The second-order valence-corrected chi connectivity index (χ2v) is 4.91. The number of carbonyl (C=O) groups is 1. The number of carboxylic acid groups (broad SMARTS) is 1. The van der Waals surface area contributed by atoms with Crippen molar-refractivity contribution in [3.8, 4) is 0 Å². The van der Waals surface area contributed by atoms with Crippen molar-refractivity contribution in [1.29, 1.82) is 0 Å². The van der Waals surface area contributed by atoms with E-state index in [1.807, 2.05) is 0 Å². The normalized spacial score (nSPS) is 14.3. The smallest absolute Gasteiger partial charge is 0.337 e. The van der Waals surface area contributed by atoms with Crippen LogP contribution >= 0.6 is 0 Å². The molecule has 0 heterocycles. The topological polar surface area (TPSA) is 84.6 Å². The highest BCUT2D eigenvalue weighted by Crippen LogP contribution is 2.28. The fourth-order valence-electron chi connectivity index (χ4n) is 1.79. The summed E-state index contributed by atoms with van der Waals surface area (Å²) in [4.78, 5) is 10.9. The summed E-state index contributed by atoms with van der Waals surface area (Å²) in [7, 11) is 0. The molecule has 0 aromatic heterocycles. The van der Waals surface area contributed by atoms with Crippen LogP contribution in [0.2, 0.25) is 0 Å². The number of ether oxygens (including phenoxy) is 1. The Hall–Kier alpha value is -1.75. The van der Waals surface area contributed by atoms with E-state index in [2.05, 4.69) is 5.32 Å². The molecule has 4 N–H and O–H groups in total. The number of aromatic carboxylic acids is 1. The van der Waals surface area contributed by atoms with E-state index in [-0.39, 0.29) is 11.3 Å². The number of nitrogen functional groups attached to an aromatic ring is 1. The summed E-state index contributed by atoms with van der Waals surface area (Å²) in [5, 5.41) is 12.1. The minimum atomic E-state index is -1.01. The van der Waals surface area contributed by atoms with Crippen molar-refractivity contribution in [2.75, 3.05) is 30.8 Å². The molecule has 104 valence electrons. The highest BCUT2D eigenvalue weighted by Gasteiger charge is 2.20. The molecule has 1 aliphatic carbocycles. The van der Waals surface area contributed by atoms with Crippen molar-refractivity contribution in [2.24, 2.45) is 5.92 Å². The standard InChI is InChI=1S/C14H20N2O3/c15-13-5-4-11(8-12(13)14(17)18)16-6-1-7-19-9-10-2-3-10/h4-5,8,10,16H,1-3,6-7,9,15H2,(H,17,18). The largest absolute Gasteiger partial charge is 0.478 e. The zero-order valence-electron chi connectivity index (χ0n) is 10.9. The summed E-state index contributed by atoms with van der Waals surface area (Å²) in [5.74, 6) is -0.211. The van der Waals surface area contributed by atoms with Crippen molar-refractivity contribution in [1.82, 2.24) is 0 Å². The van der Waals surface area contributed by atoms with Gasteiger partial charge in [-0.05, 0) is 43.4 Å². The zero-order chi connectivity index (χ0) is 13.7. The Balaban J connectivity index is 1.69. The number of nitrogens with two attached hydrogens (primary N) is 1. The summed E-state index contributed by atoms with van der Waals surface area (Å²) in [6.45, 7) is 2.38. The first kappa shape index (κ1) is 13.7. The molecule has 19 heavy (non-hydrogen) atoms.